The number of hydrogen-bond donors (Lipinski definition) is 1. The van der Waals surface area contributed by atoms with Crippen LogP contribution in [0.1, 0.15) is 35.5 Å². The Morgan fingerprint density at radius 3 is 2.68 bits per heavy atom. The molecule has 5 rings (SSSR count). The van der Waals surface area contributed by atoms with Crippen LogP contribution in [0.25, 0.3) is 11.0 Å². The molecule has 10 heteroatoms. The van der Waals surface area contributed by atoms with Gasteiger partial charge in [-0.25, -0.2) is 5.43 Å². The van der Waals surface area contributed by atoms with Crippen LogP contribution < -0.4 is 29.1 Å². The zero-order valence-electron chi connectivity index (χ0n) is 20.8. The van der Waals surface area contributed by atoms with Crippen molar-refractivity contribution in [2.45, 2.75) is 20.5 Å². The minimum absolute atomic E-state index is 0.147. The molecule has 38 heavy (non-hydrogen) atoms. The number of furan rings is 1. The Hall–Kier alpha value is -4.18. The van der Waals surface area contributed by atoms with Gasteiger partial charge >= 0.3 is 5.91 Å². The molecule has 0 saturated carbocycles. The molecule has 0 aliphatic carbocycles. The highest BCUT2D eigenvalue weighted by Gasteiger charge is 2.16. The lowest BCUT2D eigenvalue weighted by molar-refractivity contribution is 0.0929. The molecule has 0 fully saturated rings. The van der Waals surface area contributed by atoms with Gasteiger partial charge in [0.2, 0.25) is 6.79 Å². The van der Waals surface area contributed by atoms with Crippen LogP contribution in [0.15, 0.2) is 68.6 Å². The number of carbonyl (C=O) groups excluding carboxylic acids is 1. The van der Waals surface area contributed by atoms with Gasteiger partial charge in [-0.3, -0.25) is 4.79 Å². The van der Waals surface area contributed by atoms with Crippen molar-refractivity contribution in [1.82, 2.24) is 5.43 Å². The molecule has 2 heterocycles. The maximum atomic E-state index is 12.6. The number of rotatable bonds is 10. The number of ether oxygens (including phenoxy) is 5. The normalized spacial score (nSPS) is 12.2. The molecular weight excluding hydrogens is 556 g/mol. The smallest absolute Gasteiger partial charge is 0.307 e. The number of fused-ring (bicyclic) bond motifs is 2. The maximum absolute atomic E-state index is 12.6. The molecule has 0 bridgehead atoms. The number of nitrogens with zero attached hydrogens (tertiary/aromatic N) is 1. The van der Waals surface area contributed by atoms with Crippen molar-refractivity contribution in [3.8, 4) is 28.7 Å². The van der Waals surface area contributed by atoms with Crippen LogP contribution in [0.2, 0.25) is 0 Å². The van der Waals surface area contributed by atoms with E-state index < -0.39 is 5.91 Å². The van der Waals surface area contributed by atoms with Crippen molar-refractivity contribution in [3.63, 3.8) is 0 Å². The lowest BCUT2D eigenvalue weighted by Crippen LogP contribution is -2.16. The van der Waals surface area contributed by atoms with Crippen molar-refractivity contribution in [2.75, 3.05) is 20.0 Å². The molecule has 9 nitrogen and oxygen atoms in total. The van der Waals surface area contributed by atoms with Gasteiger partial charge in [-0.05, 0) is 89.4 Å². The maximum Gasteiger partial charge on any atom is 0.307 e. The fraction of sp³-hybridized carbons (Fsp3) is 0.214. The molecule has 0 unspecified atom stereocenters. The summed E-state index contributed by atoms with van der Waals surface area (Å²) in [5, 5.41) is 4.85. The second-order valence-corrected chi connectivity index (χ2v) is 9.04. The van der Waals surface area contributed by atoms with Gasteiger partial charge < -0.3 is 28.1 Å². The number of carbonyl (C=O) groups is 1. The Balaban J connectivity index is 1.26. The van der Waals surface area contributed by atoms with Crippen LogP contribution in [0.4, 0.5) is 0 Å². The predicted molar refractivity (Wildman–Crippen MR) is 145 cm³/mol. The molecule has 4 aromatic rings. The average Bonchev–Trinajstić information content (AvgIpc) is 3.55. The van der Waals surface area contributed by atoms with Crippen molar-refractivity contribution in [1.29, 1.82) is 0 Å². The van der Waals surface area contributed by atoms with Crippen LogP contribution in [-0.2, 0) is 6.61 Å². The quantitative estimate of drug-likeness (QED) is 0.179. The summed E-state index contributed by atoms with van der Waals surface area (Å²) in [7, 11) is 0. The molecule has 1 amide bonds. The Labute approximate surface area is 227 Å². The highest BCUT2D eigenvalue weighted by atomic mass is 79.9. The van der Waals surface area contributed by atoms with E-state index in [9.17, 15) is 4.79 Å². The third-order valence-electron chi connectivity index (χ3n) is 5.55. The molecule has 1 aromatic heterocycles. The second-order valence-electron chi connectivity index (χ2n) is 8.18. The monoisotopic (exact) mass is 580 g/mol. The van der Waals surface area contributed by atoms with Crippen LogP contribution >= 0.6 is 15.9 Å². The summed E-state index contributed by atoms with van der Waals surface area (Å²) in [6, 6.07) is 16.3. The van der Waals surface area contributed by atoms with Crippen molar-refractivity contribution < 1.29 is 32.9 Å². The topological polar surface area (TPSA) is 101 Å². The molecule has 1 aliphatic heterocycles. The van der Waals surface area contributed by atoms with Gasteiger partial charge in [-0.15, -0.1) is 0 Å². The van der Waals surface area contributed by atoms with Gasteiger partial charge in [0.1, 0.15) is 17.9 Å². The average molecular weight is 581 g/mol. The first-order valence-electron chi connectivity index (χ1n) is 12.0. The molecule has 0 saturated heterocycles. The van der Waals surface area contributed by atoms with Crippen molar-refractivity contribution in [2.24, 2.45) is 5.10 Å². The van der Waals surface area contributed by atoms with E-state index in [1.54, 1.807) is 24.3 Å². The second kappa shape index (κ2) is 11.5. The summed E-state index contributed by atoms with van der Waals surface area (Å²) in [6.07, 6.45) is 1.52. The number of hydrazone groups is 1. The van der Waals surface area contributed by atoms with Gasteiger partial charge in [0.05, 0.1) is 23.9 Å². The zero-order chi connectivity index (χ0) is 26.5. The summed E-state index contributed by atoms with van der Waals surface area (Å²) in [5.41, 5.74) is 4.71. The molecule has 196 valence electrons. The Bertz CT molecular complexity index is 1500. The number of hydrogen-bond acceptors (Lipinski definition) is 8. The first-order chi connectivity index (χ1) is 18.5. The lowest BCUT2D eigenvalue weighted by Gasteiger charge is -2.15. The van der Waals surface area contributed by atoms with E-state index >= 15 is 0 Å². The third kappa shape index (κ3) is 5.70. The predicted octanol–water partition coefficient (Wildman–Crippen LogP) is 6.06. The summed E-state index contributed by atoms with van der Waals surface area (Å²) in [6.45, 7) is 5.33. The van der Waals surface area contributed by atoms with E-state index in [1.165, 1.54) is 6.21 Å². The van der Waals surface area contributed by atoms with Gasteiger partial charge in [0, 0.05) is 5.39 Å². The van der Waals surface area contributed by atoms with Crippen LogP contribution in [0, 0.1) is 0 Å². The summed E-state index contributed by atoms with van der Waals surface area (Å²) in [4.78, 5) is 12.6. The third-order valence-corrected chi connectivity index (χ3v) is 6.14. The lowest BCUT2D eigenvalue weighted by atomic mass is 10.2. The van der Waals surface area contributed by atoms with Gasteiger partial charge in [0.15, 0.2) is 28.8 Å². The van der Waals surface area contributed by atoms with Crippen LogP contribution in [0.3, 0.4) is 0 Å². The Morgan fingerprint density at radius 1 is 1.00 bits per heavy atom. The van der Waals surface area contributed by atoms with Crippen molar-refractivity contribution >= 4 is 39.0 Å². The van der Waals surface area contributed by atoms with E-state index in [2.05, 4.69) is 26.5 Å². The largest absolute Gasteiger partial charge is 0.494 e. The number of halogens is 1. The molecule has 3 aromatic carbocycles. The number of benzene rings is 3. The van der Waals surface area contributed by atoms with E-state index in [1.807, 2.05) is 44.2 Å². The van der Waals surface area contributed by atoms with Gasteiger partial charge in [-0.1, -0.05) is 6.07 Å². The van der Waals surface area contributed by atoms with Crippen LogP contribution in [0.5, 0.6) is 28.7 Å². The SMILES string of the molecule is CCOc1ccc2oc(C(=O)N/N=C/c3cc(Br)c(OCc4ccc5c(c4)OCO5)c(OCC)c3)cc2c1. The summed E-state index contributed by atoms with van der Waals surface area (Å²) >= 11 is 3.56. The number of nitrogens with one attached hydrogen (secondary N) is 1. The van der Waals surface area contributed by atoms with Gasteiger partial charge in [-0.2, -0.15) is 5.10 Å². The van der Waals surface area contributed by atoms with Crippen LogP contribution in [-0.4, -0.2) is 32.1 Å². The van der Waals surface area contributed by atoms with E-state index in [-0.39, 0.29) is 12.6 Å². The highest BCUT2D eigenvalue weighted by molar-refractivity contribution is 9.10. The zero-order valence-corrected chi connectivity index (χ0v) is 22.4. The molecule has 1 aliphatic rings. The first kappa shape index (κ1) is 25.5. The van der Waals surface area contributed by atoms with E-state index in [0.717, 1.165) is 16.7 Å². The fourth-order valence-electron chi connectivity index (χ4n) is 3.86. The Morgan fingerprint density at radius 2 is 1.84 bits per heavy atom. The molecule has 1 N–H and O–H groups in total. The minimum Gasteiger partial charge on any atom is -0.494 e. The van der Waals surface area contributed by atoms with Crippen molar-refractivity contribution in [3.05, 3.63) is 76.0 Å². The first-order valence-corrected chi connectivity index (χ1v) is 12.8. The summed E-state index contributed by atoms with van der Waals surface area (Å²) in [5.74, 6) is 2.90. The molecular formula is C28H25BrN2O7. The van der Waals surface area contributed by atoms with Gasteiger partial charge in [0.25, 0.3) is 0 Å². The highest BCUT2D eigenvalue weighted by Crippen LogP contribution is 2.38. The molecule has 0 spiro atoms. The molecule has 0 radical (unpaired) electrons. The van der Waals surface area contributed by atoms with E-state index in [0.29, 0.717) is 58.4 Å². The fourth-order valence-corrected chi connectivity index (χ4v) is 4.44. The molecule has 0 atom stereocenters. The standard InChI is InChI=1S/C28H25BrN2O7/c1-3-33-20-6-8-22-19(12-20)13-26(38-22)28(32)31-30-14-18-9-21(29)27(25(11-18)34-4-2)35-15-17-5-7-23-24(10-17)37-16-36-23/h5-14H,3-4,15-16H2,1-2H3,(H,31,32)/b30-14+. The summed E-state index contributed by atoms with van der Waals surface area (Å²) < 4.78 is 34.5. The Kier molecular flexibility index (Phi) is 7.69. The minimum atomic E-state index is -0.469. The number of amides is 1. The van der Waals surface area contributed by atoms with E-state index in [4.69, 9.17) is 28.1 Å².